The topological polar surface area (TPSA) is 62.6 Å². The Kier molecular flexibility index (Phi) is 7.27. The Labute approximate surface area is 102 Å². The molecule has 0 aromatic carbocycles. The molecule has 0 radical (unpaired) electrons. The highest BCUT2D eigenvalue weighted by molar-refractivity contribution is 5.73. The second-order valence-corrected chi connectivity index (χ2v) is 3.25. The van der Waals surface area contributed by atoms with Crippen molar-refractivity contribution in [2.75, 3.05) is 27.3 Å². The van der Waals surface area contributed by atoms with Crippen LogP contribution in [0, 0.1) is 11.3 Å². The second kappa shape index (κ2) is 8.22. The predicted molar refractivity (Wildman–Crippen MR) is 63.7 cm³/mol. The predicted octanol–water partition coefficient (Wildman–Crippen LogP) is 1.44. The van der Waals surface area contributed by atoms with Crippen LogP contribution >= 0.6 is 0 Å². The van der Waals surface area contributed by atoms with Crippen LogP contribution in [-0.2, 0) is 14.3 Å². The molecule has 0 aliphatic rings. The van der Waals surface area contributed by atoms with Gasteiger partial charge in [0.05, 0.1) is 18.9 Å². The summed E-state index contributed by atoms with van der Waals surface area (Å²) >= 11 is 0. The van der Waals surface area contributed by atoms with Gasteiger partial charge in [0.1, 0.15) is 6.07 Å². The van der Waals surface area contributed by atoms with E-state index >= 15 is 0 Å². The van der Waals surface area contributed by atoms with Gasteiger partial charge in [0.15, 0.2) is 12.0 Å². The Morgan fingerprint density at radius 2 is 1.88 bits per heavy atom. The number of likely N-dealkylation sites (N-methyl/N-ethyl adjacent to an activating group) is 1. The summed E-state index contributed by atoms with van der Waals surface area (Å²) in [7, 11) is 3.47. The standard InChI is InChI=1S/C12H18N2O3/c1-5-16-11(12(8-13)17-6-2)7-10(9-15)14(3)4/h7,9H,5-6H2,1-4H3. The van der Waals surface area contributed by atoms with E-state index in [1.165, 1.54) is 6.08 Å². The molecule has 17 heavy (non-hydrogen) atoms. The second-order valence-electron chi connectivity index (χ2n) is 3.25. The van der Waals surface area contributed by atoms with Gasteiger partial charge in [-0.05, 0) is 13.8 Å². The Hall–Kier alpha value is -1.96. The number of nitrogens with zero attached hydrogens (tertiary/aromatic N) is 2. The zero-order chi connectivity index (χ0) is 13.3. The zero-order valence-corrected chi connectivity index (χ0v) is 10.7. The minimum absolute atomic E-state index is 0.0792. The molecule has 0 spiro atoms. The average molecular weight is 238 g/mol. The van der Waals surface area contributed by atoms with Crippen LogP contribution in [0.2, 0.25) is 0 Å². The summed E-state index contributed by atoms with van der Waals surface area (Å²) in [6, 6.07) is 1.91. The highest BCUT2D eigenvalue weighted by Gasteiger charge is 2.09. The molecular formula is C12H18N2O3. The summed E-state index contributed by atoms with van der Waals surface area (Å²) in [6.07, 6.45) is 2.19. The molecule has 0 aliphatic heterocycles. The van der Waals surface area contributed by atoms with Gasteiger partial charge in [-0.15, -0.1) is 0 Å². The van der Waals surface area contributed by atoms with E-state index in [1.807, 2.05) is 6.07 Å². The molecule has 0 fully saturated rings. The molecule has 0 amide bonds. The van der Waals surface area contributed by atoms with Crippen LogP contribution < -0.4 is 0 Å². The van der Waals surface area contributed by atoms with Crippen molar-refractivity contribution in [2.45, 2.75) is 13.8 Å². The van der Waals surface area contributed by atoms with Crippen molar-refractivity contribution in [3.05, 3.63) is 23.3 Å². The Morgan fingerprint density at radius 1 is 1.29 bits per heavy atom. The summed E-state index contributed by atoms with van der Waals surface area (Å²) in [5.74, 6) is 0.350. The molecule has 94 valence electrons. The van der Waals surface area contributed by atoms with Crippen LogP contribution in [0.1, 0.15) is 13.8 Å². The SMILES string of the molecule is CCOC(C#N)=C(C=C(C=O)N(C)C)OCC. The van der Waals surface area contributed by atoms with Crippen molar-refractivity contribution in [3.8, 4) is 6.07 Å². The van der Waals surface area contributed by atoms with Crippen molar-refractivity contribution in [1.29, 1.82) is 5.26 Å². The number of hydrogen-bond donors (Lipinski definition) is 0. The van der Waals surface area contributed by atoms with Gasteiger partial charge in [-0.25, -0.2) is 0 Å². The molecule has 0 unspecified atom stereocenters. The van der Waals surface area contributed by atoms with E-state index in [4.69, 9.17) is 14.7 Å². The average Bonchev–Trinajstić information content (AvgIpc) is 2.31. The maximum absolute atomic E-state index is 10.8. The number of allylic oxidation sites excluding steroid dienone is 3. The fraction of sp³-hybridized carbons (Fsp3) is 0.500. The summed E-state index contributed by atoms with van der Waals surface area (Å²) in [6.45, 7) is 4.33. The van der Waals surface area contributed by atoms with E-state index in [1.54, 1.807) is 32.8 Å². The van der Waals surface area contributed by atoms with Gasteiger partial charge >= 0.3 is 0 Å². The van der Waals surface area contributed by atoms with Gasteiger partial charge in [0, 0.05) is 20.2 Å². The van der Waals surface area contributed by atoms with Gasteiger partial charge in [0.25, 0.3) is 0 Å². The molecule has 0 saturated heterocycles. The molecule has 0 rings (SSSR count). The number of rotatable bonds is 7. The number of hydrogen-bond acceptors (Lipinski definition) is 5. The van der Waals surface area contributed by atoms with Crippen LogP contribution in [-0.4, -0.2) is 38.5 Å². The lowest BCUT2D eigenvalue weighted by molar-refractivity contribution is -0.106. The largest absolute Gasteiger partial charge is 0.489 e. The number of aldehydes is 1. The molecular weight excluding hydrogens is 220 g/mol. The number of carbonyl (C=O) groups is 1. The highest BCUT2D eigenvalue weighted by Crippen LogP contribution is 2.12. The molecule has 5 nitrogen and oxygen atoms in total. The van der Waals surface area contributed by atoms with E-state index < -0.39 is 0 Å². The van der Waals surface area contributed by atoms with Crippen molar-refractivity contribution in [1.82, 2.24) is 4.90 Å². The van der Waals surface area contributed by atoms with Crippen LogP contribution in [0.25, 0.3) is 0 Å². The monoisotopic (exact) mass is 238 g/mol. The summed E-state index contributed by atoms with van der Waals surface area (Å²) in [4.78, 5) is 12.5. The van der Waals surface area contributed by atoms with Crippen LogP contribution in [0.15, 0.2) is 23.3 Å². The first-order chi connectivity index (χ1) is 8.10. The molecule has 0 aromatic rings. The van der Waals surface area contributed by atoms with Crippen LogP contribution in [0.5, 0.6) is 0 Å². The lowest BCUT2D eigenvalue weighted by Gasteiger charge is -2.13. The number of carbonyl (C=O) groups excluding carboxylic acids is 1. The molecule has 0 N–H and O–H groups in total. The Morgan fingerprint density at radius 3 is 2.24 bits per heavy atom. The molecule has 0 saturated carbocycles. The van der Waals surface area contributed by atoms with Gasteiger partial charge in [0.2, 0.25) is 5.76 Å². The van der Waals surface area contributed by atoms with Gasteiger partial charge in [-0.3, -0.25) is 4.79 Å². The summed E-state index contributed by atoms with van der Waals surface area (Å²) in [5, 5.41) is 8.93. The van der Waals surface area contributed by atoms with Crippen molar-refractivity contribution < 1.29 is 14.3 Å². The van der Waals surface area contributed by atoms with Crippen molar-refractivity contribution in [2.24, 2.45) is 0 Å². The van der Waals surface area contributed by atoms with Crippen molar-refractivity contribution >= 4 is 6.29 Å². The minimum atomic E-state index is 0.0792. The molecule has 0 heterocycles. The Bertz CT molecular complexity index is 351. The molecule has 0 atom stereocenters. The summed E-state index contributed by atoms with van der Waals surface area (Å²) in [5.41, 5.74) is 0.404. The molecule has 0 aliphatic carbocycles. The normalized spacial score (nSPS) is 12.3. The maximum atomic E-state index is 10.8. The third-order valence-corrected chi connectivity index (χ3v) is 1.83. The molecule has 0 aromatic heterocycles. The minimum Gasteiger partial charge on any atom is -0.489 e. The first-order valence-electron chi connectivity index (χ1n) is 5.34. The molecule has 0 bridgehead atoms. The van der Waals surface area contributed by atoms with Gasteiger partial charge < -0.3 is 14.4 Å². The van der Waals surface area contributed by atoms with Gasteiger partial charge in [-0.2, -0.15) is 5.26 Å². The molecule has 5 heteroatoms. The fourth-order valence-corrected chi connectivity index (χ4v) is 1.03. The first-order valence-corrected chi connectivity index (χ1v) is 5.34. The van der Waals surface area contributed by atoms with Crippen LogP contribution in [0.4, 0.5) is 0 Å². The van der Waals surface area contributed by atoms with Crippen molar-refractivity contribution in [3.63, 3.8) is 0 Å². The Balaban J connectivity index is 5.35. The third kappa shape index (κ3) is 5.07. The zero-order valence-electron chi connectivity index (χ0n) is 10.7. The quantitative estimate of drug-likeness (QED) is 0.221. The third-order valence-electron chi connectivity index (χ3n) is 1.83. The number of nitriles is 1. The summed E-state index contributed by atoms with van der Waals surface area (Å²) < 4.78 is 10.4. The smallest absolute Gasteiger partial charge is 0.240 e. The highest BCUT2D eigenvalue weighted by atomic mass is 16.5. The van der Waals surface area contributed by atoms with E-state index in [-0.39, 0.29) is 11.5 Å². The van der Waals surface area contributed by atoms with E-state index in [2.05, 4.69) is 0 Å². The van der Waals surface area contributed by atoms with Gasteiger partial charge in [-0.1, -0.05) is 0 Å². The number of ether oxygens (including phenoxy) is 2. The van der Waals surface area contributed by atoms with Crippen LogP contribution in [0.3, 0.4) is 0 Å². The van der Waals surface area contributed by atoms with E-state index in [0.29, 0.717) is 25.2 Å². The lowest BCUT2D eigenvalue weighted by Crippen LogP contribution is -2.13. The first kappa shape index (κ1) is 15.0. The lowest BCUT2D eigenvalue weighted by atomic mass is 10.3. The van der Waals surface area contributed by atoms with E-state index in [9.17, 15) is 4.79 Å². The van der Waals surface area contributed by atoms with E-state index in [0.717, 1.165) is 0 Å². The fourth-order valence-electron chi connectivity index (χ4n) is 1.03. The maximum Gasteiger partial charge on any atom is 0.240 e.